The number of amides is 1. The number of benzene rings is 1. The van der Waals surface area contributed by atoms with Gasteiger partial charge in [-0.15, -0.1) is 0 Å². The Morgan fingerprint density at radius 2 is 2.08 bits per heavy atom. The third kappa shape index (κ3) is 2.74. The van der Waals surface area contributed by atoms with Gasteiger partial charge in [0.05, 0.1) is 16.3 Å². The third-order valence-corrected chi connectivity index (χ3v) is 5.52. The molecule has 0 aliphatic heterocycles. The molecule has 4 rings (SSSR count). The topological polar surface area (TPSA) is 67.8 Å². The van der Waals surface area contributed by atoms with Gasteiger partial charge in [-0.2, -0.15) is 0 Å². The van der Waals surface area contributed by atoms with Gasteiger partial charge >= 0.3 is 0 Å². The molecule has 0 saturated carbocycles. The van der Waals surface area contributed by atoms with E-state index in [0.717, 1.165) is 44.7 Å². The molecule has 120 valence electrons. The first-order valence-corrected chi connectivity index (χ1v) is 9.11. The number of halogens is 1. The summed E-state index contributed by atoms with van der Waals surface area (Å²) in [7, 11) is 0. The van der Waals surface area contributed by atoms with E-state index in [1.165, 1.54) is 18.3 Å². The first kappa shape index (κ1) is 15.4. The van der Waals surface area contributed by atoms with Crippen molar-refractivity contribution in [3.63, 3.8) is 0 Å². The predicted molar refractivity (Wildman–Crippen MR) is 98.0 cm³/mol. The van der Waals surface area contributed by atoms with E-state index >= 15 is 0 Å². The van der Waals surface area contributed by atoms with Crippen molar-refractivity contribution >= 4 is 38.3 Å². The second kappa shape index (κ2) is 6.07. The van der Waals surface area contributed by atoms with Crippen molar-refractivity contribution in [2.75, 3.05) is 5.32 Å². The molecule has 7 heteroatoms. The van der Waals surface area contributed by atoms with Crippen LogP contribution in [0.2, 0.25) is 0 Å². The summed E-state index contributed by atoms with van der Waals surface area (Å²) < 4.78 is 0.962. The Balaban J connectivity index is 1.81. The Hall–Kier alpha value is -2.12. The Bertz CT molecular complexity index is 954. The molecule has 24 heavy (non-hydrogen) atoms. The van der Waals surface area contributed by atoms with Crippen LogP contribution in [-0.2, 0) is 17.6 Å². The minimum Gasteiger partial charge on any atom is -0.302 e. The van der Waals surface area contributed by atoms with Crippen LogP contribution in [0.15, 0.2) is 34.9 Å². The van der Waals surface area contributed by atoms with Crippen LogP contribution in [0.25, 0.3) is 22.0 Å². The number of rotatable bonds is 2. The van der Waals surface area contributed by atoms with Gasteiger partial charge in [0.15, 0.2) is 11.0 Å². The van der Waals surface area contributed by atoms with Gasteiger partial charge in [0, 0.05) is 23.2 Å². The fourth-order valence-corrected chi connectivity index (χ4v) is 4.27. The second-order valence-electron chi connectivity index (χ2n) is 5.52. The Morgan fingerprint density at radius 1 is 1.25 bits per heavy atom. The second-order valence-corrected chi connectivity index (χ2v) is 7.38. The van der Waals surface area contributed by atoms with E-state index in [4.69, 9.17) is 4.98 Å². The van der Waals surface area contributed by atoms with Gasteiger partial charge in [-0.25, -0.2) is 15.0 Å². The lowest BCUT2D eigenvalue weighted by Crippen LogP contribution is -2.07. The van der Waals surface area contributed by atoms with Crippen molar-refractivity contribution in [1.82, 2.24) is 15.0 Å². The van der Waals surface area contributed by atoms with E-state index in [9.17, 15) is 4.79 Å². The number of aryl methyl sites for hydroxylation is 2. The number of anilines is 1. The molecule has 5 nitrogen and oxygen atoms in total. The molecule has 0 radical (unpaired) electrons. The highest BCUT2D eigenvalue weighted by molar-refractivity contribution is 9.10. The first-order chi connectivity index (χ1) is 11.6. The molecule has 0 spiro atoms. The molecule has 0 unspecified atom stereocenters. The van der Waals surface area contributed by atoms with Crippen molar-refractivity contribution < 1.29 is 4.79 Å². The molecule has 1 aliphatic rings. The predicted octanol–water partition coefficient (Wildman–Crippen LogP) is 4.09. The minimum atomic E-state index is -0.113. The SMILES string of the molecule is CC(=O)Nc1nc2c(s1)-c1nc(-c3ccccc3Br)ncc1CC2. The maximum absolute atomic E-state index is 11.3. The van der Waals surface area contributed by atoms with E-state index < -0.39 is 0 Å². The maximum atomic E-state index is 11.3. The van der Waals surface area contributed by atoms with Gasteiger partial charge in [-0.3, -0.25) is 4.79 Å². The molecule has 1 aromatic carbocycles. The largest absolute Gasteiger partial charge is 0.302 e. The minimum absolute atomic E-state index is 0.113. The van der Waals surface area contributed by atoms with E-state index in [2.05, 4.69) is 31.2 Å². The average molecular weight is 401 g/mol. The summed E-state index contributed by atoms with van der Waals surface area (Å²) in [6.07, 6.45) is 3.61. The lowest BCUT2D eigenvalue weighted by Gasteiger charge is -2.14. The Kier molecular flexibility index (Phi) is 3.90. The molecule has 2 heterocycles. The maximum Gasteiger partial charge on any atom is 0.223 e. The van der Waals surface area contributed by atoms with Crippen molar-refractivity contribution in [3.05, 3.63) is 46.2 Å². The molecule has 1 N–H and O–H groups in total. The number of nitrogens with one attached hydrogen (secondary N) is 1. The van der Waals surface area contributed by atoms with E-state index in [0.29, 0.717) is 11.0 Å². The number of aromatic nitrogens is 3. The van der Waals surface area contributed by atoms with Crippen LogP contribution in [0.3, 0.4) is 0 Å². The smallest absolute Gasteiger partial charge is 0.223 e. The quantitative estimate of drug-likeness (QED) is 0.703. The van der Waals surface area contributed by atoms with Gasteiger partial charge in [-0.1, -0.05) is 45.5 Å². The molecule has 3 aromatic rings. The van der Waals surface area contributed by atoms with Gasteiger partial charge in [0.1, 0.15) is 0 Å². The highest BCUT2D eigenvalue weighted by Crippen LogP contribution is 2.39. The van der Waals surface area contributed by atoms with Crippen molar-refractivity contribution in [2.45, 2.75) is 19.8 Å². The van der Waals surface area contributed by atoms with Gasteiger partial charge in [0.25, 0.3) is 0 Å². The molecule has 2 aromatic heterocycles. The zero-order valence-electron chi connectivity index (χ0n) is 12.8. The summed E-state index contributed by atoms with van der Waals surface area (Å²) in [4.78, 5) is 26.1. The summed E-state index contributed by atoms with van der Waals surface area (Å²) in [5.41, 5.74) is 3.99. The van der Waals surface area contributed by atoms with Crippen LogP contribution >= 0.6 is 27.3 Å². The van der Waals surface area contributed by atoms with Crippen molar-refractivity contribution in [1.29, 1.82) is 0 Å². The van der Waals surface area contributed by atoms with Gasteiger partial charge in [-0.05, 0) is 24.5 Å². The molecule has 0 atom stereocenters. The molecular weight excluding hydrogens is 388 g/mol. The number of nitrogens with zero attached hydrogens (tertiary/aromatic N) is 3. The summed E-state index contributed by atoms with van der Waals surface area (Å²) in [5, 5.41) is 3.39. The van der Waals surface area contributed by atoms with Gasteiger partial charge in [0.2, 0.25) is 5.91 Å². The normalized spacial score (nSPS) is 12.4. The molecule has 1 amide bonds. The number of carbonyl (C=O) groups excluding carboxylic acids is 1. The summed E-state index contributed by atoms with van der Waals surface area (Å²) in [6.45, 7) is 1.49. The van der Waals surface area contributed by atoms with Crippen LogP contribution in [0, 0.1) is 0 Å². The van der Waals surface area contributed by atoms with Crippen LogP contribution in [0.5, 0.6) is 0 Å². The van der Waals surface area contributed by atoms with E-state index in [1.54, 1.807) is 0 Å². The number of fused-ring (bicyclic) bond motifs is 3. The standard InChI is InChI=1S/C17H13BrN4OS/c1-9(23)20-17-21-13-7-6-10-8-19-16(22-14(10)15(13)24-17)11-4-2-3-5-12(11)18/h2-5,8H,6-7H2,1H3,(H,20,21,23). The fourth-order valence-electron chi connectivity index (χ4n) is 2.72. The van der Waals surface area contributed by atoms with E-state index in [-0.39, 0.29) is 5.91 Å². The number of hydrogen-bond acceptors (Lipinski definition) is 5. The average Bonchev–Trinajstić information content (AvgIpc) is 2.97. The molecular formula is C17H13BrN4OS. The molecule has 0 fully saturated rings. The number of carbonyl (C=O) groups is 1. The van der Waals surface area contributed by atoms with Gasteiger partial charge < -0.3 is 5.32 Å². The highest BCUT2D eigenvalue weighted by Gasteiger charge is 2.24. The Morgan fingerprint density at radius 3 is 2.88 bits per heavy atom. The first-order valence-electron chi connectivity index (χ1n) is 7.50. The lowest BCUT2D eigenvalue weighted by molar-refractivity contribution is -0.114. The lowest BCUT2D eigenvalue weighted by atomic mass is 9.99. The van der Waals surface area contributed by atoms with Crippen LogP contribution < -0.4 is 5.32 Å². The summed E-state index contributed by atoms with van der Waals surface area (Å²) in [6, 6.07) is 7.90. The van der Waals surface area contributed by atoms with Crippen molar-refractivity contribution in [2.24, 2.45) is 0 Å². The molecule has 0 saturated heterocycles. The zero-order valence-corrected chi connectivity index (χ0v) is 15.2. The Labute approximate surface area is 151 Å². The van der Waals surface area contributed by atoms with Crippen LogP contribution in [-0.4, -0.2) is 20.9 Å². The third-order valence-electron chi connectivity index (χ3n) is 3.81. The highest BCUT2D eigenvalue weighted by atomic mass is 79.9. The zero-order chi connectivity index (χ0) is 16.7. The molecule has 1 aliphatic carbocycles. The number of hydrogen-bond donors (Lipinski definition) is 1. The monoisotopic (exact) mass is 400 g/mol. The summed E-state index contributed by atoms with van der Waals surface area (Å²) >= 11 is 5.02. The van der Waals surface area contributed by atoms with Crippen LogP contribution in [0.1, 0.15) is 18.2 Å². The number of thiazole rings is 1. The van der Waals surface area contributed by atoms with Crippen molar-refractivity contribution in [3.8, 4) is 22.0 Å². The molecule has 0 bridgehead atoms. The van der Waals surface area contributed by atoms with E-state index in [1.807, 2.05) is 30.5 Å². The summed E-state index contributed by atoms with van der Waals surface area (Å²) in [5.74, 6) is 0.571. The van der Waals surface area contributed by atoms with Crippen LogP contribution in [0.4, 0.5) is 5.13 Å². The fraction of sp³-hybridized carbons (Fsp3) is 0.176.